The summed E-state index contributed by atoms with van der Waals surface area (Å²) in [5.41, 5.74) is 8.10. The molecule has 2 unspecified atom stereocenters. The van der Waals surface area contributed by atoms with Gasteiger partial charge in [0.1, 0.15) is 12.1 Å². The first-order valence-corrected chi connectivity index (χ1v) is 11.1. The van der Waals surface area contributed by atoms with Gasteiger partial charge in [-0.05, 0) is 30.4 Å². The molecule has 3 N–H and O–H groups in total. The van der Waals surface area contributed by atoms with E-state index in [1.54, 1.807) is 0 Å². The van der Waals surface area contributed by atoms with Gasteiger partial charge in [-0.15, -0.1) is 0 Å². The van der Waals surface area contributed by atoms with Gasteiger partial charge in [-0.1, -0.05) is 60.7 Å². The highest BCUT2D eigenvalue weighted by molar-refractivity contribution is 5.90. The minimum atomic E-state index is -0.668. The van der Waals surface area contributed by atoms with Crippen LogP contribution in [0.3, 0.4) is 0 Å². The molecule has 0 aromatic heterocycles. The van der Waals surface area contributed by atoms with Crippen molar-refractivity contribution in [1.29, 1.82) is 0 Å². The van der Waals surface area contributed by atoms with Crippen LogP contribution < -0.4 is 11.1 Å². The molecule has 32 heavy (non-hydrogen) atoms. The number of benzene rings is 2. The van der Waals surface area contributed by atoms with Crippen molar-refractivity contribution in [3.63, 3.8) is 0 Å². The molecule has 170 valence electrons. The number of nitrogens with two attached hydrogens (primary N) is 1. The Morgan fingerprint density at radius 2 is 1.47 bits per heavy atom. The summed E-state index contributed by atoms with van der Waals surface area (Å²) >= 11 is 0. The topological polar surface area (TPSA) is 106 Å². The Balaban J connectivity index is 1.92. The average molecular weight is 437 g/mol. The molecule has 0 fully saturated rings. The summed E-state index contributed by atoms with van der Waals surface area (Å²) in [6.07, 6.45) is 2.95. The molecular weight excluding hydrogens is 404 g/mol. The molecule has 0 aliphatic carbocycles. The van der Waals surface area contributed by atoms with Crippen molar-refractivity contribution in [3.8, 4) is 0 Å². The molecule has 1 amide bonds. The van der Waals surface area contributed by atoms with E-state index in [4.69, 9.17) is 5.73 Å². The predicted octanol–water partition coefficient (Wildman–Crippen LogP) is 2.82. The molecule has 0 aliphatic rings. The fourth-order valence-corrected chi connectivity index (χ4v) is 3.52. The molecule has 0 saturated heterocycles. The fourth-order valence-electron chi connectivity index (χ4n) is 3.52. The number of carbonyl (C=O) groups excluding carboxylic acids is 4. The van der Waals surface area contributed by atoms with E-state index < -0.39 is 12.0 Å². The highest BCUT2D eigenvalue weighted by atomic mass is 16.2. The quantitative estimate of drug-likeness (QED) is 0.330. The van der Waals surface area contributed by atoms with Gasteiger partial charge in [-0.2, -0.15) is 0 Å². The lowest BCUT2D eigenvalue weighted by atomic mass is 9.90. The van der Waals surface area contributed by atoms with Gasteiger partial charge in [0.15, 0.2) is 5.78 Å². The lowest BCUT2D eigenvalue weighted by Crippen LogP contribution is -2.39. The van der Waals surface area contributed by atoms with Gasteiger partial charge in [-0.25, -0.2) is 0 Å². The second kappa shape index (κ2) is 14.0. The van der Waals surface area contributed by atoms with Crippen LogP contribution in [-0.4, -0.2) is 36.3 Å². The van der Waals surface area contributed by atoms with E-state index in [2.05, 4.69) is 5.32 Å². The molecule has 2 aromatic carbocycles. The van der Waals surface area contributed by atoms with E-state index in [-0.39, 0.29) is 36.7 Å². The standard InChI is InChI=1S/C26H32N2O4/c27-24(18-21-11-5-2-6-12-21)25(31)19-22(17-20-9-3-1-4-10-20)26(32)28-15-7-13-23(30)14-8-16-29/h1-6,9-12,16,22,24H,7-8,13-15,17-19,27H2,(H,28,32). The predicted molar refractivity (Wildman–Crippen MR) is 124 cm³/mol. The Kier molecular flexibility index (Phi) is 11.0. The molecule has 2 aromatic rings. The lowest BCUT2D eigenvalue weighted by Gasteiger charge is -2.19. The molecule has 6 heteroatoms. The number of hydrogen-bond donors (Lipinski definition) is 2. The summed E-state index contributed by atoms with van der Waals surface area (Å²) in [6.45, 7) is 0.348. The first-order valence-electron chi connectivity index (χ1n) is 11.1. The van der Waals surface area contributed by atoms with Crippen molar-refractivity contribution in [2.75, 3.05) is 6.54 Å². The third-order valence-electron chi connectivity index (χ3n) is 5.33. The summed E-state index contributed by atoms with van der Waals surface area (Å²) in [6, 6.07) is 18.5. The van der Waals surface area contributed by atoms with Crippen LogP contribution in [0.15, 0.2) is 60.7 Å². The number of nitrogens with one attached hydrogen (secondary N) is 1. The van der Waals surface area contributed by atoms with Gasteiger partial charge >= 0.3 is 0 Å². The normalized spacial score (nSPS) is 12.5. The van der Waals surface area contributed by atoms with Gasteiger partial charge in [0.25, 0.3) is 0 Å². The first kappa shape index (κ1) is 25.1. The van der Waals surface area contributed by atoms with Crippen LogP contribution in [0, 0.1) is 5.92 Å². The Labute approximate surface area is 189 Å². The Hall–Kier alpha value is -3.12. The average Bonchev–Trinajstić information content (AvgIpc) is 2.81. The van der Waals surface area contributed by atoms with Crippen molar-refractivity contribution in [2.24, 2.45) is 11.7 Å². The van der Waals surface area contributed by atoms with Crippen molar-refractivity contribution in [3.05, 3.63) is 71.8 Å². The Morgan fingerprint density at radius 3 is 2.06 bits per heavy atom. The number of rotatable bonds is 15. The molecule has 0 bridgehead atoms. The third kappa shape index (κ3) is 9.35. The molecule has 2 atom stereocenters. The first-order chi connectivity index (χ1) is 15.5. The SMILES string of the molecule is NC(Cc1ccccc1)C(=O)CC(Cc1ccccc1)C(=O)NCCCC(=O)CCC=O. The second-order valence-electron chi connectivity index (χ2n) is 7.99. The second-order valence-corrected chi connectivity index (χ2v) is 7.99. The van der Waals surface area contributed by atoms with E-state index in [0.717, 1.165) is 17.4 Å². The number of hydrogen-bond acceptors (Lipinski definition) is 5. The number of amides is 1. The van der Waals surface area contributed by atoms with Gasteiger partial charge in [-0.3, -0.25) is 14.4 Å². The summed E-state index contributed by atoms with van der Waals surface area (Å²) in [5, 5.41) is 2.85. The molecule has 0 saturated carbocycles. The van der Waals surface area contributed by atoms with E-state index in [9.17, 15) is 19.2 Å². The summed E-state index contributed by atoms with van der Waals surface area (Å²) in [5.74, 6) is -0.879. The zero-order valence-electron chi connectivity index (χ0n) is 18.4. The zero-order valence-corrected chi connectivity index (χ0v) is 18.4. The molecule has 0 heterocycles. The summed E-state index contributed by atoms with van der Waals surface area (Å²) in [7, 11) is 0. The molecule has 2 rings (SSSR count). The number of Topliss-reactive ketones (excluding diaryl/α,β-unsaturated/α-hetero) is 2. The zero-order chi connectivity index (χ0) is 23.2. The van der Waals surface area contributed by atoms with E-state index in [1.165, 1.54) is 0 Å². The van der Waals surface area contributed by atoms with Gasteiger partial charge in [0.05, 0.1) is 6.04 Å². The van der Waals surface area contributed by atoms with Crippen molar-refractivity contribution < 1.29 is 19.2 Å². The molecule has 0 radical (unpaired) electrons. The number of carbonyl (C=O) groups is 4. The Morgan fingerprint density at radius 1 is 0.875 bits per heavy atom. The number of aldehydes is 1. The van der Waals surface area contributed by atoms with Crippen LogP contribution in [0.5, 0.6) is 0 Å². The van der Waals surface area contributed by atoms with Crippen LogP contribution >= 0.6 is 0 Å². The number of ketones is 2. The minimum Gasteiger partial charge on any atom is -0.356 e. The monoisotopic (exact) mass is 436 g/mol. The molecular formula is C26H32N2O4. The van der Waals surface area contributed by atoms with Crippen LogP contribution in [0.1, 0.15) is 43.2 Å². The minimum absolute atomic E-state index is 0.00856. The van der Waals surface area contributed by atoms with Gasteiger partial charge in [0, 0.05) is 38.1 Å². The van der Waals surface area contributed by atoms with Crippen LogP contribution in [-0.2, 0) is 32.0 Å². The van der Waals surface area contributed by atoms with Gasteiger partial charge in [0.2, 0.25) is 5.91 Å². The largest absolute Gasteiger partial charge is 0.356 e. The summed E-state index contributed by atoms with van der Waals surface area (Å²) < 4.78 is 0. The maximum absolute atomic E-state index is 12.8. The van der Waals surface area contributed by atoms with Crippen LogP contribution in [0.4, 0.5) is 0 Å². The smallest absolute Gasteiger partial charge is 0.223 e. The van der Waals surface area contributed by atoms with Gasteiger partial charge < -0.3 is 15.8 Å². The van der Waals surface area contributed by atoms with Crippen LogP contribution in [0.25, 0.3) is 0 Å². The van der Waals surface area contributed by atoms with E-state index in [0.29, 0.717) is 32.2 Å². The Bertz CT molecular complexity index is 868. The van der Waals surface area contributed by atoms with Crippen molar-refractivity contribution in [1.82, 2.24) is 5.32 Å². The summed E-state index contributed by atoms with van der Waals surface area (Å²) in [4.78, 5) is 47.6. The van der Waals surface area contributed by atoms with E-state index in [1.807, 2.05) is 60.7 Å². The van der Waals surface area contributed by atoms with E-state index >= 15 is 0 Å². The van der Waals surface area contributed by atoms with Crippen molar-refractivity contribution >= 4 is 23.8 Å². The maximum Gasteiger partial charge on any atom is 0.223 e. The highest BCUT2D eigenvalue weighted by Crippen LogP contribution is 2.15. The fraction of sp³-hybridized carbons (Fsp3) is 0.385. The lowest BCUT2D eigenvalue weighted by molar-refractivity contribution is -0.130. The van der Waals surface area contributed by atoms with Crippen molar-refractivity contribution in [2.45, 2.75) is 51.0 Å². The molecule has 0 spiro atoms. The molecule has 0 aliphatic heterocycles. The maximum atomic E-state index is 12.8. The molecule has 6 nitrogen and oxygen atoms in total. The van der Waals surface area contributed by atoms with Crippen LogP contribution in [0.2, 0.25) is 0 Å². The highest BCUT2D eigenvalue weighted by Gasteiger charge is 2.25. The third-order valence-corrected chi connectivity index (χ3v) is 5.33.